The molecule has 0 atom stereocenters. The van der Waals surface area contributed by atoms with Crippen molar-refractivity contribution >= 4 is 17.5 Å². The maximum atomic E-state index is 10.2. The van der Waals surface area contributed by atoms with Crippen LogP contribution in [0.2, 0.25) is 0 Å². The van der Waals surface area contributed by atoms with Crippen LogP contribution in [0.5, 0.6) is 0 Å². The van der Waals surface area contributed by atoms with E-state index in [0.717, 1.165) is 0 Å². The fourth-order valence-corrected chi connectivity index (χ4v) is 0.413. The van der Waals surface area contributed by atoms with Gasteiger partial charge < -0.3 is 5.32 Å². The summed E-state index contributed by atoms with van der Waals surface area (Å²) < 4.78 is 0. The molecule has 0 radical (unpaired) electrons. The maximum absolute atomic E-state index is 10.2. The van der Waals surface area contributed by atoms with Crippen molar-refractivity contribution in [3.8, 4) is 0 Å². The van der Waals surface area contributed by atoms with Crippen LogP contribution in [0.15, 0.2) is 11.1 Å². The Morgan fingerprint density at radius 2 is 2.22 bits per heavy atom. The van der Waals surface area contributed by atoms with Crippen LogP contribution in [0.4, 0.5) is 0 Å². The molecule has 0 spiro atoms. The lowest BCUT2D eigenvalue weighted by atomic mass is 10.5. The molecule has 0 unspecified atom stereocenters. The van der Waals surface area contributed by atoms with E-state index in [4.69, 9.17) is 11.6 Å². The molecule has 1 N–H and O–H groups in total. The van der Waals surface area contributed by atoms with Gasteiger partial charge in [0.25, 0.3) is 0 Å². The third-order valence-electron chi connectivity index (χ3n) is 0.734. The fourth-order valence-electron chi connectivity index (χ4n) is 0.335. The molecule has 3 heteroatoms. The normalized spacial score (nSPS) is 11.2. The zero-order chi connectivity index (χ0) is 7.28. The van der Waals surface area contributed by atoms with Crippen molar-refractivity contribution in [3.63, 3.8) is 0 Å². The zero-order valence-corrected chi connectivity index (χ0v) is 6.33. The van der Waals surface area contributed by atoms with Crippen LogP contribution in [-0.4, -0.2) is 12.5 Å². The van der Waals surface area contributed by atoms with Gasteiger partial charge in [-0.05, 0) is 6.92 Å². The molecule has 0 aliphatic heterocycles. The molecule has 9 heavy (non-hydrogen) atoms. The fraction of sp³-hybridized carbons (Fsp3) is 0.500. The van der Waals surface area contributed by atoms with E-state index in [-0.39, 0.29) is 5.91 Å². The summed E-state index contributed by atoms with van der Waals surface area (Å²) in [5.74, 6) is -0.0378. The van der Waals surface area contributed by atoms with Crippen molar-refractivity contribution in [1.82, 2.24) is 5.32 Å². The second-order valence-corrected chi connectivity index (χ2v) is 2.32. The first-order valence-electron chi connectivity index (χ1n) is 2.69. The molecular weight excluding hydrogens is 138 g/mol. The van der Waals surface area contributed by atoms with E-state index in [2.05, 4.69) is 5.32 Å². The predicted molar refractivity (Wildman–Crippen MR) is 38.3 cm³/mol. The lowest BCUT2D eigenvalue weighted by Gasteiger charge is -1.93. The van der Waals surface area contributed by atoms with Crippen molar-refractivity contribution in [2.24, 2.45) is 0 Å². The Labute approximate surface area is 59.9 Å². The van der Waals surface area contributed by atoms with Crippen molar-refractivity contribution in [2.45, 2.75) is 13.8 Å². The molecular formula is C6H10ClNO. The zero-order valence-electron chi connectivity index (χ0n) is 5.57. The number of hydrogen-bond acceptors (Lipinski definition) is 1. The summed E-state index contributed by atoms with van der Waals surface area (Å²) in [6.07, 6.45) is 1.74. The smallest absolute Gasteiger partial charge is 0.217 e. The van der Waals surface area contributed by atoms with Crippen molar-refractivity contribution in [3.05, 3.63) is 11.1 Å². The van der Waals surface area contributed by atoms with Gasteiger partial charge in [-0.15, -0.1) is 0 Å². The standard InChI is InChI=1S/C6H10ClNO/c1-5(7)3-4-8-6(2)9/h3H,4H2,1-2H3,(H,8,9)/b5-3+. The maximum Gasteiger partial charge on any atom is 0.217 e. The van der Waals surface area contributed by atoms with Crippen LogP contribution in [-0.2, 0) is 4.79 Å². The Balaban J connectivity index is 3.31. The highest BCUT2D eigenvalue weighted by Gasteiger charge is 1.84. The summed E-state index contributed by atoms with van der Waals surface area (Å²) >= 11 is 5.47. The second-order valence-electron chi connectivity index (χ2n) is 1.73. The molecule has 0 aromatic carbocycles. The van der Waals surface area contributed by atoms with Gasteiger partial charge in [-0.25, -0.2) is 0 Å². The van der Waals surface area contributed by atoms with Crippen LogP contribution in [0, 0.1) is 0 Å². The Morgan fingerprint density at radius 3 is 2.56 bits per heavy atom. The van der Waals surface area contributed by atoms with Gasteiger partial charge in [0.1, 0.15) is 0 Å². The monoisotopic (exact) mass is 147 g/mol. The minimum absolute atomic E-state index is 0.0378. The molecule has 0 aromatic heterocycles. The SMILES string of the molecule is CC(=O)NC/C=C(\C)Cl. The van der Waals surface area contributed by atoms with Gasteiger partial charge in [-0.3, -0.25) is 4.79 Å². The van der Waals surface area contributed by atoms with E-state index in [9.17, 15) is 4.79 Å². The highest BCUT2D eigenvalue weighted by Crippen LogP contribution is 1.94. The van der Waals surface area contributed by atoms with Gasteiger partial charge in [-0.1, -0.05) is 17.7 Å². The van der Waals surface area contributed by atoms with Gasteiger partial charge in [0, 0.05) is 18.5 Å². The highest BCUT2D eigenvalue weighted by atomic mass is 35.5. The molecule has 0 saturated heterocycles. The van der Waals surface area contributed by atoms with Crippen LogP contribution in [0.1, 0.15) is 13.8 Å². The highest BCUT2D eigenvalue weighted by molar-refractivity contribution is 6.29. The minimum atomic E-state index is -0.0378. The third kappa shape index (κ3) is 7.50. The summed E-state index contributed by atoms with van der Waals surface area (Å²) in [4.78, 5) is 10.2. The van der Waals surface area contributed by atoms with Gasteiger partial charge in [-0.2, -0.15) is 0 Å². The molecule has 0 saturated carbocycles. The number of nitrogens with one attached hydrogen (secondary N) is 1. The lowest BCUT2D eigenvalue weighted by Crippen LogP contribution is -2.19. The molecule has 0 heterocycles. The number of halogens is 1. The number of amides is 1. The molecule has 0 bridgehead atoms. The Morgan fingerprint density at radius 1 is 1.67 bits per heavy atom. The second kappa shape index (κ2) is 4.39. The molecule has 0 aromatic rings. The van der Waals surface area contributed by atoms with Gasteiger partial charge >= 0.3 is 0 Å². The molecule has 0 aliphatic rings. The van der Waals surface area contributed by atoms with E-state index in [0.29, 0.717) is 11.6 Å². The van der Waals surface area contributed by atoms with Crippen LogP contribution < -0.4 is 5.32 Å². The number of hydrogen-bond donors (Lipinski definition) is 1. The van der Waals surface area contributed by atoms with Crippen LogP contribution >= 0.6 is 11.6 Å². The van der Waals surface area contributed by atoms with E-state index in [1.54, 1.807) is 13.0 Å². The van der Waals surface area contributed by atoms with Crippen LogP contribution in [0.3, 0.4) is 0 Å². The van der Waals surface area contributed by atoms with Crippen molar-refractivity contribution < 1.29 is 4.79 Å². The third-order valence-corrected chi connectivity index (χ3v) is 0.889. The number of carbonyl (C=O) groups excluding carboxylic acids is 1. The number of carbonyl (C=O) groups is 1. The molecule has 0 fully saturated rings. The first-order chi connectivity index (χ1) is 4.13. The lowest BCUT2D eigenvalue weighted by molar-refractivity contribution is -0.118. The average Bonchev–Trinajstić information content (AvgIpc) is 1.63. The average molecular weight is 148 g/mol. The van der Waals surface area contributed by atoms with Gasteiger partial charge in [0.2, 0.25) is 5.91 Å². The first kappa shape index (κ1) is 8.50. The van der Waals surface area contributed by atoms with E-state index >= 15 is 0 Å². The van der Waals surface area contributed by atoms with Gasteiger partial charge in [0.15, 0.2) is 0 Å². The molecule has 0 rings (SSSR count). The Bertz CT molecular complexity index is 127. The summed E-state index contributed by atoms with van der Waals surface area (Å²) in [6, 6.07) is 0. The predicted octanol–water partition coefficient (Wildman–Crippen LogP) is 1.27. The minimum Gasteiger partial charge on any atom is -0.353 e. The topological polar surface area (TPSA) is 29.1 Å². The summed E-state index contributed by atoms with van der Waals surface area (Å²) in [5, 5.41) is 3.28. The van der Waals surface area contributed by atoms with E-state index < -0.39 is 0 Å². The van der Waals surface area contributed by atoms with Gasteiger partial charge in [0.05, 0.1) is 0 Å². The quantitative estimate of drug-likeness (QED) is 0.626. The molecule has 52 valence electrons. The van der Waals surface area contributed by atoms with Crippen molar-refractivity contribution in [2.75, 3.05) is 6.54 Å². The van der Waals surface area contributed by atoms with E-state index in [1.807, 2.05) is 0 Å². The molecule has 0 aliphatic carbocycles. The number of allylic oxidation sites excluding steroid dienone is 1. The Kier molecular flexibility index (Phi) is 4.14. The molecule has 1 amide bonds. The molecule has 2 nitrogen and oxygen atoms in total. The van der Waals surface area contributed by atoms with Crippen LogP contribution in [0.25, 0.3) is 0 Å². The van der Waals surface area contributed by atoms with Crippen molar-refractivity contribution in [1.29, 1.82) is 0 Å². The summed E-state index contributed by atoms with van der Waals surface area (Å²) in [5.41, 5.74) is 0. The Hall–Kier alpha value is -0.500. The van der Waals surface area contributed by atoms with E-state index in [1.165, 1.54) is 6.92 Å². The summed E-state index contributed by atoms with van der Waals surface area (Å²) in [7, 11) is 0. The summed E-state index contributed by atoms with van der Waals surface area (Å²) in [6.45, 7) is 3.76. The number of rotatable bonds is 2. The largest absolute Gasteiger partial charge is 0.353 e. The first-order valence-corrected chi connectivity index (χ1v) is 3.07.